The number of aryl methyl sites for hydroxylation is 1. The summed E-state index contributed by atoms with van der Waals surface area (Å²) in [6.45, 7) is 2.20. The fourth-order valence-corrected chi connectivity index (χ4v) is 2.90. The minimum atomic E-state index is -0.327. The van der Waals surface area contributed by atoms with Crippen LogP contribution in [0.4, 0.5) is 0 Å². The van der Waals surface area contributed by atoms with Gasteiger partial charge in [-0.2, -0.15) is 0 Å². The summed E-state index contributed by atoms with van der Waals surface area (Å²) in [5.74, 6) is 0.106. The van der Waals surface area contributed by atoms with Crippen molar-refractivity contribution in [2.75, 3.05) is 6.54 Å². The number of carbonyl (C=O) groups excluding carboxylic acids is 1. The van der Waals surface area contributed by atoms with Crippen LogP contribution in [0.1, 0.15) is 48.2 Å². The fourth-order valence-electron chi connectivity index (χ4n) is 2.90. The minimum Gasteiger partial charge on any atom is -0.364 e. The van der Waals surface area contributed by atoms with Crippen LogP contribution < -0.4 is 16.5 Å². The molecule has 0 radical (unpaired) electrons. The van der Waals surface area contributed by atoms with E-state index < -0.39 is 0 Å². The number of H-pyrrole nitrogens is 1. The number of halogens is 1. The van der Waals surface area contributed by atoms with Gasteiger partial charge in [0.1, 0.15) is 5.56 Å². The highest BCUT2D eigenvalue weighted by atomic mass is 35.5. The predicted molar refractivity (Wildman–Crippen MR) is 85.9 cm³/mol. The second kappa shape index (κ2) is 8.20. The maximum Gasteiger partial charge on any atom is 0.257 e. The lowest BCUT2D eigenvalue weighted by Crippen LogP contribution is -2.46. The Morgan fingerprint density at radius 3 is 2.67 bits per heavy atom. The zero-order chi connectivity index (χ0) is 14.5. The van der Waals surface area contributed by atoms with E-state index in [4.69, 9.17) is 5.73 Å². The Balaban J connectivity index is 0.00000220. The molecule has 1 aromatic heterocycles. The van der Waals surface area contributed by atoms with Crippen LogP contribution in [0.5, 0.6) is 0 Å². The maximum absolute atomic E-state index is 12.2. The standard InChI is InChI=1S/C15H23N3O2.ClH/c1-10-7-14(19)12(9-17-10)15(20)18-13(8-16)11-5-3-2-4-6-11;/h7,9,11,13H,2-6,8,16H2,1H3,(H,17,19)(H,18,20);1H. The van der Waals surface area contributed by atoms with Crippen molar-refractivity contribution in [3.8, 4) is 0 Å². The second-order valence-corrected chi connectivity index (χ2v) is 5.61. The average molecular weight is 314 g/mol. The normalized spacial score (nSPS) is 16.9. The van der Waals surface area contributed by atoms with Crippen LogP contribution >= 0.6 is 12.4 Å². The van der Waals surface area contributed by atoms with Crippen molar-refractivity contribution in [2.24, 2.45) is 11.7 Å². The zero-order valence-electron chi connectivity index (χ0n) is 12.4. The van der Waals surface area contributed by atoms with E-state index in [2.05, 4.69) is 10.3 Å². The number of amides is 1. The quantitative estimate of drug-likeness (QED) is 0.791. The lowest BCUT2D eigenvalue weighted by atomic mass is 9.84. The topological polar surface area (TPSA) is 88.0 Å². The molecule has 0 aromatic carbocycles. The van der Waals surface area contributed by atoms with Crippen molar-refractivity contribution in [3.63, 3.8) is 0 Å². The van der Waals surface area contributed by atoms with Crippen molar-refractivity contribution in [2.45, 2.75) is 45.1 Å². The predicted octanol–water partition coefficient (Wildman–Crippen LogP) is 1.74. The summed E-state index contributed by atoms with van der Waals surface area (Å²) in [6, 6.07) is 1.40. The van der Waals surface area contributed by atoms with Crippen LogP contribution in [0, 0.1) is 12.8 Å². The van der Waals surface area contributed by atoms with Crippen molar-refractivity contribution in [1.82, 2.24) is 10.3 Å². The molecule has 1 aliphatic carbocycles. The van der Waals surface area contributed by atoms with Gasteiger partial charge in [-0.05, 0) is 25.7 Å². The van der Waals surface area contributed by atoms with Crippen LogP contribution in [-0.4, -0.2) is 23.5 Å². The second-order valence-electron chi connectivity index (χ2n) is 5.61. The molecule has 1 heterocycles. The SMILES string of the molecule is Cc1cc(=O)c(C(=O)NC(CN)C2CCCCC2)c[nH]1.Cl. The smallest absolute Gasteiger partial charge is 0.257 e. The van der Waals surface area contributed by atoms with Gasteiger partial charge >= 0.3 is 0 Å². The van der Waals surface area contributed by atoms with E-state index in [0.717, 1.165) is 18.5 Å². The number of pyridine rings is 1. The Bertz CT molecular complexity index is 524. The summed E-state index contributed by atoms with van der Waals surface area (Å²) in [5.41, 5.74) is 6.44. The molecule has 118 valence electrons. The van der Waals surface area contributed by atoms with Crippen LogP contribution in [0.15, 0.2) is 17.1 Å². The van der Waals surface area contributed by atoms with Gasteiger partial charge in [-0.3, -0.25) is 9.59 Å². The Hall–Kier alpha value is -1.33. The number of carbonyl (C=O) groups is 1. The van der Waals surface area contributed by atoms with E-state index in [1.807, 2.05) is 0 Å². The first-order valence-corrected chi connectivity index (χ1v) is 7.32. The van der Waals surface area contributed by atoms with Crippen molar-refractivity contribution >= 4 is 18.3 Å². The van der Waals surface area contributed by atoms with Crippen LogP contribution in [0.25, 0.3) is 0 Å². The van der Waals surface area contributed by atoms with E-state index in [9.17, 15) is 9.59 Å². The monoisotopic (exact) mass is 313 g/mol. The number of nitrogens with one attached hydrogen (secondary N) is 2. The molecule has 2 rings (SSSR count). The molecule has 6 heteroatoms. The van der Waals surface area contributed by atoms with E-state index in [1.54, 1.807) is 6.92 Å². The van der Waals surface area contributed by atoms with Crippen molar-refractivity contribution in [1.29, 1.82) is 0 Å². The molecule has 1 atom stereocenters. The molecule has 21 heavy (non-hydrogen) atoms. The zero-order valence-corrected chi connectivity index (χ0v) is 13.2. The number of hydrogen-bond donors (Lipinski definition) is 3. The first-order valence-electron chi connectivity index (χ1n) is 7.32. The van der Waals surface area contributed by atoms with Crippen LogP contribution in [0.2, 0.25) is 0 Å². The lowest BCUT2D eigenvalue weighted by Gasteiger charge is -2.30. The third-order valence-electron chi connectivity index (χ3n) is 4.09. The fraction of sp³-hybridized carbons (Fsp3) is 0.600. The van der Waals surface area contributed by atoms with Gasteiger partial charge in [0.2, 0.25) is 0 Å². The number of nitrogens with two attached hydrogens (primary N) is 1. The summed E-state index contributed by atoms with van der Waals surface area (Å²) in [6.07, 6.45) is 7.34. The lowest BCUT2D eigenvalue weighted by molar-refractivity contribution is 0.0914. The molecule has 5 nitrogen and oxygen atoms in total. The Morgan fingerprint density at radius 2 is 2.10 bits per heavy atom. The number of aromatic amines is 1. The molecule has 1 unspecified atom stereocenters. The molecule has 4 N–H and O–H groups in total. The maximum atomic E-state index is 12.2. The van der Waals surface area contributed by atoms with Crippen molar-refractivity contribution in [3.05, 3.63) is 33.7 Å². The third kappa shape index (κ3) is 4.58. The Kier molecular flexibility index (Phi) is 6.92. The molecule has 0 saturated heterocycles. The van der Waals surface area contributed by atoms with E-state index in [0.29, 0.717) is 12.5 Å². The molecular formula is C15H24ClN3O2. The molecule has 0 spiro atoms. The van der Waals surface area contributed by atoms with E-state index in [-0.39, 0.29) is 35.3 Å². The highest BCUT2D eigenvalue weighted by Gasteiger charge is 2.25. The van der Waals surface area contributed by atoms with Gasteiger partial charge in [0.25, 0.3) is 5.91 Å². The largest absolute Gasteiger partial charge is 0.364 e. The molecule has 1 aromatic rings. The first-order chi connectivity index (χ1) is 9.61. The highest BCUT2D eigenvalue weighted by molar-refractivity contribution is 5.94. The molecule has 0 aliphatic heterocycles. The van der Waals surface area contributed by atoms with Gasteiger partial charge in [-0.1, -0.05) is 19.3 Å². The van der Waals surface area contributed by atoms with Gasteiger partial charge in [0, 0.05) is 30.5 Å². The highest BCUT2D eigenvalue weighted by Crippen LogP contribution is 2.26. The molecule has 1 amide bonds. The van der Waals surface area contributed by atoms with Gasteiger partial charge in [-0.15, -0.1) is 12.4 Å². The summed E-state index contributed by atoms with van der Waals surface area (Å²) in [4.78, 5) is 26.9. The van der Waals surface area contributed by atoms with Gasteiger partial charge < -0.3 is 16.0 Å². The average Bonchev–Trinajstić information content (AvgIpc) is 2.45. The minimum absolute atomic E-state index is 0. The van der Waals surface area contributed by atoms with Crippen molar-refractivity contribution < 1.29 is 4.79 Å². The number of hydrogen-bond acceptors (Lipinski definition) is 3. The van der Waals surface area contributed by atoms with Gasteiger partial charge in [0.15, 0.2) is 5.43 Å². The summed E-state index contributed by atoms with van der Waals surface area (Å²) in [7, 11) is 0. The summed E-state index contributed by atoms with van der Waals surface area (Å²) in [5, 5.41) is 2.93. The van der Waals surface area contributed by atoms with Gasteiger partial charge in [-0.25, -0.2) is 0 Å². The molecule has 0 bridgehead atoms. The summed E-state index contributed by atoms with van der Waals surface area (Å²) >= 11 is 0. The molecular weight excluding hydrogens is 290 g/mol. The Morgan fingerprint density at radius 1 is 1.43 bits per heavy atom. The third-order valence-corrected chi connectivity index (χ3v) is 4.09. The number of rotatable bonds is 4. The first kappa shape index (κ1) is 17.7. The van der Waals surface area contributed by atoms with Crippen LogP contribution in [0.3, 0.4) is 0 Å². The van der Waals surface area contributed by atoms with E-state index in [1.165, 1.54) is 31.5 Å². The van der Waals surface area contributed by atoms with E-state index >= 15 is 0 Å². The molecule has 1 fully saturated rings. The van der Waals surface area contributed by atoms with Crippen LogP contribution in [-0.2, 0) is 0 Å². The molecule has 1 aliphatic rings. The van der Waals surface area contributed by atoms with Gasteiger partial charge in [0.05, 0.1) is 0 Å². The summed E-state index contributed by atoms with van der Waals surface area (Å²) < 4.78 is 0. The Labute approximate surface area is 131 Å². The number of aromatic nitrogens is 1. The molecule has 1 saturated carbocycles.